The number of hydrogen-bond acceptors (Lipinski definition) is 2. The van der Waals surface area contributed by atoms with Crippen LogP contribution in [0.25, 0.3) is 32.3 Å². The molecule has 4 aliphatic rings. The van der Waals surface area contributed by atoms with Gasteiger partial charge in [0.1, 0.15) is 6.10 Å². The first-order valence-electron chi connectivity index (χ1n) is 23.2. The second kappa shape index (κ2) is 16.5. The highest BCUT2D eigenvalue weighted by molar-refractivity contribution is 6.23. The fourth-order valence-corrected chi connectivity index (χ4v) is 13.5. The zero-order chi connectivity index (χ0) is 38.2. The highest BCUT2D eigenvalue weighted by atomic mass is 16.5. The zero-order valence-electron chi connectivity index (χ0n) is 35.3. The Morgan fingerprint density at radius 1 is 0.727 bits per heavy atom. The van der Waals surface area contributed by atoms with Crippen molar-refractivity contribution in [1.29, 1.82) is 0 Å². The van der Waals surface area contributed by atoms with E-state index >= 15 is 0 Å². The van der Waals surface area contributed by atoms with E-state index in [0.29, 0.717) is 17.3 Å². The van der Waals surface area contributed by atoms with E-state index in [9.17, 15) is 4.79 Å². The Morgan fingerprint density at radius 3 is 2.22 bits per heavy atom. The van der Waals surface area contributed by atoms with E-state index in [-0.39, 0.29) is 12.1 Å². The summed E-state index contributed by atoms with van der Waals surface area (Å²) in [6.45, 7) is 12.7. The molecule has 0 heterocycles. The van der Waals surface area contributed by atoms with Gasteiger partial charge in [-0.05, 0) is 148 Å². The number of benzene rings is 4. The number of carbonyl (C=O) groups excluding carboxylic acids is 1. The molecular formula is C53H72O2. The van der Waals surface area contributed by atoms with Gasteiger partial charge in [-0.15, -0.1) is 0 Å². The Morgan fingerprint density at radius 2 is 1.44 bits per heavy atom. The standard InChI is InChI=1S/C53H72O2/c1-36(2)15-13-16-37(3)46-29-30-47-45-28-26-42-35-43(31-33-52(42,4)48(45)32-34-53(46,47)5)55-49(54)20-12-10-8-6-7-9-11-17-38-21-22-41-24-23-39-18-14-19-40-25-27-44(38)51(41)50(39)40/h14,18-19,21-27,36-37,43,45-48H,6-13,15-17,20,28-35H2,1-5H3/t37-,43+,45+,46-,47+,48+,52+,53-/m1/s1. The van der Waals surface area contributed by atoms with E-state index in [1.165, 1.54) is 128 Å². The molecule has 2 heteroatoms. The van der Waals surface area contributed by atoms with Crippen molar-refractivity contribution in [2.75, 3.05) is 0 Å². The highest BCUT2D eigenvalue weighted by Gasteiger charge is 2.59. The maximum absolute atomic E-state index is 13.0. The van der Waals surface area contributed by atoms with Crippen LogP contribution >= 0.6 is 0 Å². The third-order valence-electron chi connectivity index (χ3n) is 16.5. The summed E-state index contributed by atoms with van der Waals surface area (Å²) < 4.78 is 6.18. The van der Waals surface area contributed by atoms with Gasteiger partial charge in [0.25, 0.3) is 0 Å². The van der Waals surface area contributed by atoms with Crippen LogP contribution in [0.3, 0.4) is 0 Å². The smallest absolute Gasteiger partial charge is 0.306 e. The molecule has 3 saturated carbocycles. The van der Waals surface area contributed by atoms with Crippen LogP contribution in [0.1, 0.15) is 162 Å². The van der Waals surface area contributed by atoms with Crippen LogP contribution in [0.4, 0.5) is 0 Å². The lowest BCUT2D eigenvalue weighted by Gasteiger charge is -2.58. The first-order valence-corrected chi connectivity index (χ1v) is 23.2. The van der Waals surface area contributed by atoms with Crippen LogP contribution in [-0.4, -0.2) is 12.1 Å². The molecule has 0 N–H and O–H groups in total. The molecular weight excluding hydrogens is 669 g/mol. The summed E-state index contributed by atoms with van der Waals surface area (Å²) in [6.07, 6.45) is 27.4. The minimum atomic E-state index is 0.0455. The Bertz CT molecular complexity index is 1930. The monoisotopic (exact) mass is 741 g/mol. The van der Waals surface area contributed by atoms with Crippen LogP contribution in [0.5, 0.6) is 0 Å². The van der Waals surface area contributed by atoms with Gasteiger partial charge >= 0.3 is 5.97 Å². The van der Waals surface area contributed by atoms with Gasteiger partial charge in [0.05, 0.1) is 0 Å². The van der Waals surface area contributed by atoms with Gasteiger partial charge in [-0.25, -0.2) is 0 Å². The fourth-order valence-electron chi connectivity index (χ4n) is 13.5. The number of allylic oxidation sites excluding steroid dienone is 1. The van der Waals surface area contributed by atoms with E-state index in [4.69, 9.17) is 4.74 Å². The number of fused-ring (bicyclic) bond motifs is 5. The lowest BCUT2D eigenvalue weighted by atomic mass is 9.47. The number of ether oxygens (including phenoxy) is 1. The molecule has 0 radical (unpaired) electrons. The minimum Gasteiger partial charge on any atom is -0.462 e. The molecule has 0 aliphatic heterocycles. The second-order valence-electron chi connectivity index (χ2n) is 20.2. The number of esters is 1. The number of hydrogen-bond donors (Lipinski definition) is 0. The average molecular weight is 741 g/mol. The molecule has 0 bridgehead atoms. The molecule has 3 fully saturated rings. The van der Waals surface area contributed by atoms with Crippen molar-refractivity contribution in [1.82, 2.24) is 0 Å². The van der Waals surface area contributed by atoms with Gasteiger partial charge < -0.3 is 4.74 Å². The SMILES string of the molecule is CC(C)CCC[C@@H](C)[C@H]1CC[C@H]2[C@@H]3CC=C4C[C@@H](OC(=O)CCCCCCCCCc5ccc6ccc7cccc8ccc5c6c78)CC[C@]4(C)[C@H]3CC[C@]12C. The van der Waals surface area contributed by atoms with Gasteiger partial charge in [0.2, 0.25) is 0 Å². The molecule has 296 valence electrons. The van der Waals surface area contributed by atoms with Crippen molar-refractivity contribution in [3.8, 4) is 0 Å². The van der Waals surface area contributed by atoms with E-state index < -0.39 is 0 Å². The third-order valence-corrected chi connectivity index (χ3v) is 16.5. The summed E-state index contributed by atoms with van der Waals surface area (Å²) in [5.74, 6) is 5.25. The lowest BCUT2D eigenvalue weighted by Crippen LogP contribution is -2.51. The van der Waals surface area contributed by atoms with E-state index in [1.54, 1.807) is 5.57 Å². The van der Waals surface area contributed by atoms with Crippen molar-refractivity contribution in [2.45, 2.75) is 169 Å². The summed E-state index contributed by atoms with van der Waals surface area (Å²) in [4.78, 5) is 13.0. The normalized spacial score (nSPS) is 29.7. The molecule has 55 heavy (non-hydrogen) atoms. The zero-order valence-corrected chi connectivity index (χ0v) is 35.3. The largest absolute Gasteiger partial charge is 0.462 e. The number of rotatable bonds is 16. The van der Waals surface area contributed by atoms with Crippen molar-refractivity contribution < 1.29 is 9.53 Å². The second-order valence-corrected chi connectivity index (χ2v) is 20.2. The Labute approximate surface area is 334 Å². The lowest BCUT2D eigenvalue weighted by molar-refractivity contribution is -0.151. The number of carbonyl (C=O) groups is 1. The molecule has 0 unspecified atom stereocenters. The van der Waals surface area contributed by atoms with Crippen LogP contribution in [-0.2, 0) is 16.0 Å². The predicted octanol–water partition coefficient (Wildman–Crippen LogP) is 15.2. The van der Waals surface area contributed by atoms with Crippen molar-refractivity contribution >= 4 is 38.3 Å². The summed E-state index contributed by atoms with van der Waals surface area (Å²) in [7, 11) is 0. The summed E-state index contributed by atoms with van der Waals surface area (Å²) in [5.41, 5.74) is 3.99. The summed E-state index contributed by atoms with van der Waals surface area (Å²) >= 11 is 0. The van der Waals surface area contributed by atoms with Crippen molar-refractivity contribution in [3.63, 3.8) is 0 Å². The topological polar surface area (TPSA) is 26.3 Å². The Balaban J connectivity index is 0.737. The fraction of sp³-hybridized carbons (Fsp3) is 0.642. The molecule has 0 spiro atoms. The van der Waals surface area contributed by atoms with Crippen molar-refractivity contribution in [3.05, 3.63) is 71.8 Å². The van der Waals surface area contributed by atoms with Crippen LogP contribution in [0.2, 0.25) is 0 Å². The van der Waals surface area contributed by atoms with E-state index in [1.807, 2.05) is 0 Å². The van der Waals surface area contributed by atoms with Gasteiger partial charge in [0.15, 0.2) is 0 Å². The molecule has 4 aromatic rings. The Kier molecular flexibility index (Phi) is 11.7. The van der Waals surface area contributed by atoms with Crippen LogP contribution in [0, 0.1) is 46.3 Å². The first kappa shape index (κ1) is 39.0. The quantitative estimate of drug-likeness (QED) is 0.0495. The molecule has 8 rings (SSSR count). The molecule has 4 aromatic carbocycles. The van der Waals surface area contributed by atoms with Crippen LogP contribution in [0.15, 0.2) is 66.2 Å². The van der Waals surface area contributed by atoms with E-state index in [0.717, 1.165) is 67.6 Å². The third kappa shape index (κ3) is 7.76. The highest BCUT2D eigenvalue weighted by Crippen LogP contribution is 2.67. The summed E-state index contributed by atoms with van der Waals surface area (Å²) in [5, 5.41) is 8.35. The first-order chi connectivity index (χ1) is 26.7. The summed E-state index contributed by atoms with van der Waals surface area (Å²) in [6, 6.07) is 20.6. The van der Waals surface area contributed by atoms with Crippen molar-refractivity contribution in [2.24, 2.45) is 46.3 Å². The number of aryl methyl sites for hydroxylation is 1. The average Bonchev–Trinajstić information content (AvgIpc) is 3.54. The maximum Gasteiger partial charge on any atom is 0.306 e. The molecule has 0 aromatic heterocycles. The molecule has 2 nitrogen and oxygen atoms in total. The number of unbranched alkanes of at least 4 members (excludes halogenated alkanes) is 6. The van der Waals surface area contributed by atoms with Crippen LogP contribution < -0.4 is 0 Å². The van der Waals surface area contributed by atoms with Gasteiger partial charge in [-0.1, -0.05) is 152 Å². The maximum atomic E-state index is 13.0. The Hall–Kier alpha value is -2.87. The molecule has 4 aliphatic carbocycles. The van der Waals surface area contributed by atoms with Gasteiger partial charge in [0, 0.05) is 12.8 Å². The minimum absolute atomic E-state index is 0.0455. The molecule has 8 atom stereocenters. The molecule has 0 saturated heterocycles. The predicted molar refractivity (Wildman–Crippen MR) is 234 cm³/mol. The van der Waals surface area contributed by atoms with E-state index in [2.05, 4.69) is 95.3 Å². The van der Waals surface area contributed by atoms with Gasteiger partial charge in [-0.2, -0.15) is 0 Å². The molecule has 0 amide bonds. The van der Waals surface area contributed by atoms with Gasteiger partial charge in [-0.3, -0.25) is 4.79 Å².